The number of nitrogens with one attached hydrogen (secondary N) is 3. The maximum absolute atomic E-state index is 12.9. The molecule has 3 aromatic carbocycles. The Morgan fingerprint density at radius 1 is 0.861 bits per heavy atom. The van der Waals surface area contributed by atoms with Crippen molar-refractivity contribution in [3.8, 4) is 0 Å². The summed E-state index contributed by atoms with van der Waals surface area (Å²) in [6.45, 7) is 0.104. The van der Waals surface area contributed by atoms with Crippen LogP contribution in [0, 0.1) is 0 Å². The Bertz CT molecular complexity index is 1400. The monoisotopic (exact) mass is 530 g/mol. The van der Waals surface area contributed by atoms with E-state index < -0.39 is 27.9 Å². The van der Waals surface area contributed by atoms with Gasteiger partial charge in [0.05, 0.1) is 6.26 Å². The number of carbonyl (C=O) groups is 3. The van der Waals surface area contributed by atoms with Crippen molar-refractivity contribution in [2.75, 3.05) is 16.9 Å². The summed E-state index contributed by atoms with van der Waals surface area (Å²) in [6, 6.07) is 17.6. The van der Waals surface area contributed by atoms with E-state index in [1.54, 1.807) is 6.07 Å². The van der Waals surface area contributed by atoms with Crippen molar-refractivity contribution < 1.29 is 27.5 Å². The lowest BCUT2D eigenvalue weighted by molar-refractivity contribution is 0.0979. The number of carbonyl (C=O) groups excluding carboxylic acids is 3. The van der Waals surface area contributed by atoms with Gasteiger partial charge in [0.25, 0.3) is 11.8 Å². The number of anilines is 2. The first kappa shape index (κ1) is 26.7. The van der Waals surface area contributed by atoms with E-state index in [-0.39, 0.29) is 40.7 Å². The van der Waals surface area contributed by atoms with Crippen LogP contribution in [0.1, 0.15) is 31.8 Å². The molecule has 0 unspecified atom stereocenters. The summed E-state index contributed by atoms with van der Waals surface area (Å²) >= 11 is 6.13. The average molecular weight is 531 g/mol. The number of benzene rings is 3. The third-order valence-electron chi connectivity index (χ3n) is 4.65. The Morgan fingerprint density at radius 3 is 2.14 bits per heavy atom. The van der Waals surface area contributed by atoms with Crippen LogP contribution < -0.4 is 21.1 Å². The molecule has 0 aromatic heterocycles. The number of ether oxygens (including phenoxy) is 1. The summed E-state index contributed by atoms with van der Waals surface area (Å²) in [5.74, 6) is -1.46. The molecule has 3 amide bonds. The van der Waals surface area contributed by atoms with E-state index in [2.05, 4.69) is 10.6 Å². The third-order valence-corrected chi connectivity index (χ3v) is 5.42. The molecule has 0 fully saturated rings. The van der Waals surface area contributed by atoms with Gasteiger partial charge in [-0.05, 0) is 47.5 Å². The highest BCUT2D eigenvalue weighted by Crippen LogP contribution is 2.22. The molecule has 3 rings (SSSR count). The maximum atomic E-state index is 12.9. The largest absolute Gasteiger partial charge is 0.444 e. The first-order valence-corrected chi connectivity index (χ1v) is 12.7. The number of rotatable bonds is 8. The maximum Gasteiger partial charge on any atom is 0.411 e. The Morgan fingerprint density at radius 2 is 1.50 bits per heavy atom. The quantitative estimate of drug-likeness (QED) is 0.347. The van der Waals surface area contributed by atoms with E-state index in [4.69, 9.17) is 22.1 Å². The Hall–Kier alpha value is -3.93. The number of hydrogen-bond donors (Lipinski definition) is 4. The first-order chi connectivity index (χ1) is 17.0. The highest BCUT2D eigenvalue weighted by Gasteiger charge is 2.16. The van der Waals surface area contributed by atoms with Crippen LogP contribution in [-0.2, 0) is 27.9 Å². The topological polar surface area (TPSA) is 157 Å². The zero-order valence-corrected chi connectivity index (χ0v) is 20.7. The summed E-state index contributed by atoms with van der Waals surface area (Å²) < 4.78 is 29.8. The average Bonchev–Trinajstić information content (AvgIpc) is 2.81. The summed E-state index contributed by atoms with van der Waals surface area (Å²) in [6.07, 6.45) is 0.118. The molecule has 3 aromatic rings. The smallest absolute Gasteiger partial charge is 0.411 e. The fourth-order valence-electron chi connectivity index (χ4n) is 3.11. The molecular weight excluding hydrogens is 508 g/mol. The van der Waals surface area contributed by atoms with Crippen LogP contribution in [0.5, 0.6) is 0 Å². The molecule has 0 atom stereocenters. The number of amides is 3. The van der Waals surface area contributed by atoms with Gasteiger partial charge in [-0.1, -0.05) is 41.9 Å². The van der Waals surface area contributed by atoms with E-state index in [0.29, 0.717) is 5.56 Å². The van der Waals surface area contributed by atoms with Gasteiger partial charge in [-0.3, -0.25) is 14.9 Å². The van der Waals surface area contributed by atoms with Crippen LogP contribution in [0.15, 0.2) is 66.7 Å². The summed E-state index contributed by atoms with van der Waals surface area (Å²) in [7, 11) is -3.79. The van der Waals surface area contributed by atoms with Crippen LogP contribution in [0.3, 0.4) is 0 Å². The van der Waals surface area contributed by atoms with Gasteiger partial charge in [0.15, 0.2) is 0 Å². The minimum Gasteiger partial charge on any atom is -0.444 e. The molecule has 36 heavy (non-hydrogen) atoms. The molecule has 10 nitrogen and oxygen atoms in total. The van der Waals surface area contributed by atoms with E-state index in [1.807, 2.05) is 35.1 Å². The van der Waals surface area contributed by atoms with E-state index >= 15 is 0 Å². The van der Waals surface area contributed by atoms with E-state index in [0.717, 1.165) is 11.8 Å². The van der Waals surface area contributed by atoms with Crippen LogP contribution in [0.4, 0.5) is 16.2 Å². The molecule has 0 saturated heterocycles. The van der Waals surface area contributed by atoms with Crippen molar-refractivity contribution in [1.29, 1.82) is 0 Å². The van der Waals surface area contributed by atoms with E-state index in [9.17, 15) is 22.8 Å². The second kappa shape index (κ2) is 11.7. The summed E-state index contributed by atoms with van der Waals surface area (Å²) in [5, 5.41) is 5.33. The van der Waals surface area contributed by atoms with Crippen LogP contribution in [0.2, 0.25) is 5.02 Å². The molecule has 0 radical (unpaired) electrons. The van der Waals surface area contributed by atoms with Crippen molar-refractivity contribution in [1.82, 2.24) is 4.72 Å². The lowest BCUT2D eigenvalue weighted by Crippen LogP contribution is -2.29. The number of hydrogen-bond acceptors (Lipinski definition) is 7. The van der Waals surface area contributed by atoms with Crippen molar-refractivity contribution in [2.45, 2.75) is 13.2 Å². The molecule has 0 aliphatic carbocycles. The summed E-state index contributed by atoms with van der Waals surface area (Å²) in [4.78, 5) is 37.3. The van der Waals surface area contributed by atoms with E-state index in [1.165, 1.54) is 30.3 Å². The highest BCUT2D eigenvalue weighted by molar-refractivity contribution is 7.89. The van der Waals surface area contributed by atoms with Crippen molar-refractivity contribution in [3.63, 3.8) is 0 Å². The van der Waals surface area contributed by atoms with Gasteiger partial charge < -0.3 is 15.8 Å². The highest BCUT2D eigenvalue weighted by atomic mass is 35.5. The summed E-state index contributed by atoms with van der Waals surface area (Å²) in [5.41, 5.74) is 7.51. The lowest BCUT2D eigenvalue weighted by Gasteiger charge is -2.12. The molecule has 0 bridgehead atoms. The zero-order valence-electron chi connectivity index (χ0n) is 19.1. The SMILES string of the molecule is CS(=O)(=O)NC(=O)c1cc(CN)cc(NC(=O)c2cc(Cl)cc(NC(=O)OCc3ccccc3)c2)c1. The molecule has 0 aliphatic rings. The Labute approximate surface area is 212 Å². The molecular formula is C24H23ClN4O6S. The third kappa shape index (κ3) is 8.08. The fourth-order valence-corrected chi connectivity index (χ4v) is 3.80. The van der Waals surface area contributed by atoms with Gasteiger partial charge in [-0.15, -0.1) is 0 Å². The van der Waals surface area contributed by atoms with Gasteiger partial charge in [-0.2, -0.15) is 0 Å². The number of sulfonamides is 1. The molecule has 5 N–H and O–H groups in total. The van der Waals surface area contributed by atoms with Gasteiger partial charge >= 0.3 is 6.09 Å². The predicted molar refractivity (Wildman–Crippen MR) is 136 cm³/mol. The van der Waals surface area contributed by atoms with Crippen LogP contribution in [-0.4, -0.2) is 32.6 Å². The van der Waals surface area contributed by atoms with Gasteiger partial charge in [-0.25, -0.2) is 17.9 Å². The fraction of sp³-hybridized carbons (Fsp3) is 0.125. The molecule has 0 spiro atoms. The van der Waals surface area contributed by atoms with Crippen LogP contribution >= 0.6 is 11.6 Å². The molecule has 12 heteroatoms. The minimum absolute atomic E-state index is 0.00622. The molecule has 0 heterocycles. The molecule has 188 valence electrons. The minimum atomic E-state index is -3.79. The Kier molecular flexibility index (Phi) is 8.64. The second-order valence-corrected chi connectivity index (χ2v) is 9.88. The zero-order chi connectivity index (χ0) is 26.3. The van der Waals surface area contributed by atoms with Crippen molar-refractivity contribution in [2.24, 2.45) is 5.73 Å². The predicted octanol–water partition coefficient (Wildman–Crippen LogP) is 3.49. The normalized spacial score (nSPS) is 10.9. The first-order valence-electron chi connectivity index (χ1n) is 10.5. The van der Waals surface area contributed by atoms with Crippen LogP contribution in [0.25, 0.3) is 0 Å². The number of halogens is 1. The molecule has 0 saturated carbocycles. The Balaban J connectivity index is 1.73. The van der Waals surface area contributed by atoms with Gasteiger partial charge in [0.2, 0.25) is 10.0 Å². The lowest BCUT2D eigenvalue weighted by atomic mass is 10.1. The van der Waals surface area contributed by atoms with Crippen molar-refractivity contribution >= 4 is 50.9 Å². The number of nitrogens with two attached hydrogens (primary N) is 1. The standard InChI is InChI=1S/C24H23ClN4O6S/c1-36(33,34)29-23(31)17-7-16(13-26)8-20(10-17)27-22(30)18-9-19(25)12-21(11-18)28-24(32)35-14-15-5-3-2-4-6-15/h2-12H,13-14,26H2,1H3,(H,27,30)(H,28,32)(H,29,31). The molecule has 0 aliphatic heterocycles. The second-order valence-electron chi connectivity index (χ2n) is 7.70. The van der Waals surface area contributed by atoms with Gasteiger partial charge in [0.1, 0.15) is 6.61 Å². The van der Waals surface area contributed by atoms with Crippen molar-refractivity contribution in [3.05, 3.63) is 94.0 Å². The van der Waals surface area contributed by atoms with Gasteiger partial charge in [0, 0.05) is 34.1 Å².